The molecule has 1 aromatic heterocycles. The lowest BCUT2D eigenvalue weighted by Crippen LogP contribution is -2.19. The molecule has 0 spiro atoms. The van der Waals surface area contributed by atoms with Crippen LogP contribution in [-0.2, 0) is 7.05 Å². The minimum absolute atomic E-state index is 0.161. The lowest BCUT2D eigenvalue weighted by molar-refractivity contribution is 0.102. The fourth-order valence-corrected chi connectivity index (χ4v) is 2.33. The molecule has 5 nitrogen and oxygen atoms in total. The van der Waals surface area contributed by atoms with Crippen LogP contribution in [0.5, 0.6) is 0 Å². The van der Waals surface area contributed by atoms with Crippen molar-refractivity contribution in [3.8, 4) is 0 Å². The van der Waals surface area contributed by atoms with Crippen molar-refractivity contribution in [2.24, 2.45) is 12.8 Å². The highest BCUT2D eigenvalue weighted by molar-refractivity contribution is 9.10. The molecular formula is C12H10BrClN4OS. The Morgan fingerprint density at radius 1 is 1.50 bits per heavy atom. The van der Waals surface area contributed by atoms with Crippen molar-refractivity contribution >= 4 is 56.5 Å². The van der Waals surface area contributed by atoms with E-state index in [1.54, 1.807) is 25.2 Å². The fraction of sp³-hybridized carbons (Fsp3) is 0.0833. The standard InChI is InChI=1S/C12H10BrClN4OS/c1-18-11(8(5-16-18)10(15)20)17-12(19)7-4-6(13)2-3-9(7)14/h2-5H,1H3,(H2,15,20)(H,17,19). The zero-order valence-corrected chi connectivity index (χ0v) is 13.5. The number of thiocarbonyl (C=S) groups is 1. The average molecular weight is 374 g/mol. The zero-order valence-electron chi connectivity index (χ0n) is 10.4. The fourth-order valence-electron chi connectivity index (χ4n) is 1.61. The number of carbonyl (C=O) groups is 1. The Bertz CT molecular complexity index is 701. The number of rotatable bonds is 3. The third-order valence-electron chi connectivity index (χ3n) is 2.61. The summed E-state index contributed by atoms with van der Waals surface area (Å²) in [6, 6.07) is 5.02. The molecule has 0 aliphatic carbocycles. The first kappa shape index (κ1) is 15.0. The summed E-state index contributed by atoms with van der Waals surface area (Å²) in [4.78, 5) is 12.4. The Kier molecular flexibility index (Phi) is 4.42. The molecule has 3 N–H and O–H groups in total. The molecule has 1 aromatic carbocycles. The van der Waals surface area contributed by atoms with E-state index in [1.165, 1.54) is 10.9 Å². The topological polar surface area (TPSA) is 72.9 Å². The van der Waals surface area contributed by atoms with E-state index in [0.717, 1.165) is 4.47 Å². The molecule has 8 heteroatoms. The second-order valence-corrected chi connectivity index (χ2v) is 5.74. The van der Waals surface area contributed by atoms with Crippen LogP contribution in [-0.4, -0.2) is 20.7 Å². The number of halogens is 2. The van der Waals surface area contributed by atoms with E-state index in [9.17, 15) is 4.79 Å². The normalized spacial score (nSPS) is 10.3. The van der Waals surface area contributed by atoms with Crippen molar-refractivity contribution in [2.45, 2.75) is 0 Å². The molecule has 2 rings (SSSR count). The molecule has 0 radical (unpaired) electrons. The molecule has 20 heavy (non-hydrogen) atoms. The number of hydrogen-bond donors (Lipinski definition) is 2. The highest BCUT2D eigenvalue weighted by atomic mass is 79.9. The Morgan fingerprint density at radius 3 is 2.85 bits per heavy atom. The van der Waals surface area contributed by atoms with Gasteiger partial charge in [-0.15, -0.1) is 0 Å². The molecule has 0 atom stereocenters. The molecule has 0 aliphatic rings. The zero-order chi connectivity index (χ0) is 14.9. The summed E-state index contributed by atoms with van der Waals surface area (Å²) in [5.74, 6) is 0.0657. The predicted molar refractivity (Wildman–Crippen MR) is 86.2 cm³/mol. The SMILES string of the molecule is Cn1ncc(C(N)=S)c1NC(=O)c1cc(Br)ccc1Cl. The maximum atomic E-state index is 12.3. The second-order valence-electron chi connectivity index (χ2n) is 3.97. The van der Waals surface area contributed by atoms with E-state index in [1.807, 2.05) is 0 Å². The van der Waals surface area contributed by atoms with E-state index in [0.29, 0.717) is 22.0 Å². The van der Waals surface area contributed by atoms with Crippen molar-refractivity contribution < 1.29 is 4.79 Å². The first-order valence-electron chi connectivity index (χ1n) is 5.48. The van der Waals surface area contributed by atoms with Crippen LogP contribution >= 0.6 is 39.7 Å². The quantitative estimate of drug-likeness (QED) is 0.811. The number of nitrogens with zero attached hydrogens (tertiary/aromatic N) is 2. The van der Waals surface area contributed by atoms with Gasteiger partial charge in [-0.05, 0) is 18.2 Å². The third kappa shape index (κ3) is 3.00. The van der Waals surface area contributed by atoms with Gasteiger partial charge in [0.25, 0.3) is 5.91 Å². The first-order valence-corrected chi connectivity index (χ1v) is 7.06. The van der Waals surface area contributed by atoms with Gasteiger partial charge in [0.1, 0.15) is 10.8 Å². The van der Waals surface area contributed by atoms with Gasteiger partial charge in [-0.3, -0.25) is 9.48 Å². The van der Waals surface area contributed by atoms with Gasteiger partial charge >= 0.3 is 0 Å². The van der Waals surface area contributed by atoms with Gasteiger partial charge in [-0.25, -0.2) is 0 Å². The lowest BCUT2D eigenvalue weighted by atomic mass is 10.2. The van der Waals surface area contributed by atoms with Gasteiger partial charge in [0.05, 0.1) is 22.3 Å². The summed E-state index contributed by atoms with van der Waals surface area (Å²) < 4.78 is 2.24. The van der Waals surface area contributed by atoms with Gasteiger partial charge in [0.2, 0.25) is 0 Å². The average Bonchev–Trinajstić information content (AvgIpc) is 2.74. The van der Waals surface area contributed by atoms with Crippen molar-refractivity contribution in [2.75, 3.05) is 5.32 Å². The predicted octanol–water partition coefficient (Wildman–Crippen LogP) is 2.72. The smallest absolute Gasteiger partial charge is 0.258 e. The first-order chi connectivity index (χ1) is 9.40. The van der Waals surface area contributed by atoms with E-state index in [2.05, 4.69) is 26.3 Å². The number of carbonyl (C=O) groups excluding carboxylic acids is 1. The number of benzene rings is 1. The number of nitrogens with one attached hydrogen (secondary N) is 1. The largest absolute Gasteiger partial charge is 0.389 e. The molecule has 0 bridgehead atoms. The molecule has 0 fully saturated rings. The van der Waals surface area contributed by atoms with Gasteiger partial charge in [-0.1, -0.05) is 39.7 Å². The molecule has 0 unspecified atom stereocenters. The summed E-state index contributed by atoms with van der Waals surface area (Å²) in [5, 5.41) is 7.08. The van der Waals surface area contributed by atoms with Crippen LogP contribution in [0.1, 0.15) is 15.9 Å². The summed E-state index contributed by atoms with van der Waals surface area (Å²) in [5.41, 5.74) is 6.44. The Morgan fingerprint density at radius 2 is 2.20 bits per heavy atom. The minimum Gasteiger partial charge on any atom is -0.389 e. The molecule has 0 aliphatic heterocycles. The number of anilines is 1. The molecule has 1 amide bonds. The molecule has 1 heterocycles. The van der Waals surface area contributed by atoms with Crippen LogP contribution in [0.2, 0.25) is 5.02 Å². The third-order valence-corrected chi connectivity index (χ3v) is 3.65. The number of aryl methyl sites for hydroxylation is 1. The Labute approximate surface area is 134 Å². The highest BCUT2D eigenvalue weighted by Gasteiger charge is 2.17. The summed E-state index contributed by atoms with van der Waals surface area (Å²) >= 11 is 14.2. The van der Waals surface area contributed by atoms with E-state index >= 15 is 0 Å². The molecular weight excluding hydrogens is 364 g/mol. The number of hydrogen-bond acceptors (Lipinski definition) is 3. The molecule has 0 saturated heterocycles. The maximum Gasteiger partial charge on any atom is 0.258 e. The number of nitrogens with two attached hydrogens (primary N) is 1. The van der Waals surface area contributed by atoms with Crippen LogP contribution < -0.4 is 11.1 Å². The van der Waals surface area contributed by atoms with E-state index in [-0.39, 0.29) is 10.9 Å². The Balaban J connectivity index is 2.35. The highest BCUT2D eigenvalue weighted by Crippen LogP contribution is 2.23. The minimum atomic E-state index is -0.364. The van der Waals surface area contributed by atoms with Gasteiger partial charge in [-0.2, -0.15) is 5.10 Å². The van der Waals surface area contributed by atoms with E-state index < -0.39 is 0 Å². The van der Waals surface area contributed by atoms with Crippen LogP contribution in [0.3, 0.4) is 0 Å². The monoisotopic (exact) mass is 372 g/mol. The maximum absolute atomic E-state index is 12.3. The van der Waals surface area contributed by atoms with Crippen LogP contribution in [0.15, 0.2) is 28.9 Å². The number of aromatic nitrogens is 2. The summed E-state index contributed by atoms with van der Waals surface area (Å²) in [6.07, 6.45) is 1.50. The van der Waals surface area contributed by atoms with Crippen molar-refractivity contribution in [3.63, 3.8) is 0 Å². The van der Waals surface area contributed by atoms with Crippen molar-refractivity contribution in [1.29, 1.82) is 0 Å². The summed E-state index contributed by atoms with van der Waals surface area (Å²) in [6.45, 7) is 0. The Hall–Kier alpha value is -1.44. The van der Waals surface area contributed by atoms with Crippen LogP contribution in [0, 0.1) is 0 Å². The van der Waals surface area contributed by atoms with Crippen molar-refractivity contribution in [1.82, 2.24) is 9.78 Å². The second kappa shape index (κ2) is 5.90. The van der Waals surface area contributed by atoms with Gasteiger partial charge in [0, 0.05) is 11.5 Å². The molecule has 2 aromatic rings. The summed E-state index contributed by atoms with van der Waals surface area (Å²) in [7, 11) is 1.68. The van der Waals surface area contributed by atoms with Crippen molar-refractivity contribution in [3.05, 3.63) is 45.0 Å². The number of amides is 1. The van der Waals surface area contributed by atoms with Gasteiger partial charge in [0.15, 0.2) is 0 Å². The van der Waals surface area contributed by atoms with Crippen LogP contribution in [0.4, 0.5) is 5.82 Å². The lowest BCUT2D eigenvalue weighted by Gasteiger charge is -2.09. The van der Waals surface area contributed by atoms with Gasteiger partial charge < -0.3 is 11.1 Å². The van der Waals surface area contributed by atoms with E-state index in [4.69, 9.17) is 29.6 Å². The molecule has 0 saturated carbocycles. The molecule has 104 valence electrons. The van der Waals surface area contributed by atoms with Crippen LogP contribution in [0.25, 0.3) is 0 Å².